The molecule has 3 nitrogen and oxygen atoms in total. The number of halogens is 3. The molecule has 6 heteroatoms. The van der Waals surface area contributed by atoms with Crippen LogP contribution in [0.3, 0.4) is 0 Å². The molecule has 0 saturated heterocycles. The number of hydrogen-bond donors (Lipinski definition) is 2. The summed E-state index contributed by atoms with van der Waals surface area (Å²) in [5, 5.41) is 0.603. The maximum atomic E-state index is 13.4. The van der Waals surface area contributed by atoms with Crippen molar-refractivity contribution in [2.75, 3.05) is 0 Å². The Hall–Kier alpha value is -1.20. The molecule has 1 aromatic heterocycles. The van der Waals surface area contributed by atoms with E-state index in [1.807, 2.05) is 0 Å². The van der Waals surface area contributed by atoms with Crippen molar-refractivity contribution in [2.45, 2.75) is 12.5 Å². The summed E-state index contributed by atoms with van der Waals surface area (Å²) in [5.74, 6) is 5.10. The number of nitrogens with one attached hydrogen (secondary N) is 1. The molecule has 1 unspecified atom stereocenters. The van der Waals surface area contributed by atoms with Gasteiger partial charge in [-0.15, -0.1) is 0 Å². The number of benzene rings is 1. The van der Waals surface area contributed by atoms with Gasteiger partial charge in [0.25, 0.3) is 0 Å². The fraction of sp³-hybridized carbons (Fsp3) is 0.154. The minimum Gasteiger partial charge on any atom is -0.271 e. The van der Waals surface area contributed by atoms with Crippen LogP contribution in [0.2, 0.25) is 10.0 Å². The first-order chi connectivity index (χ1) is 9.13. The monoisotopic (exact) mass is 299 g/mol. The highest BCUT2D eigenvalue weighted by molar-refractivity contribution is 6.31. The minimum absolute atomic E-state index is 0.105. The van der Waals surface area contributed by atoms with E-state index in [9.17, 15) is 4.39 Å². The van der Waals surface area contributed by atoms with Crippen LogP contribution in [0, 0.1) is 5.82 Å². The van der Waals surface area contributed by atoms with Crippen molar-refractivity contribution in [3.8, 4) is 0 Å². The highest BCUT2D eigenvalue weighted by atomic mass is 35.5. The molecule has 19 heavy (non-hydrogen) atoms. The Kier molecular flexibility index (Phi) is 4.71. The molecule has 3 N–H and O–H groups in total. The summed E-state index contributed by atoms with van der Waals surface area (Å²) in [7, 11) is 0. The van der Waals surface area contributed by atoms with Crippen LogP contribution >= 0.6 is 23.2 Å². The van der Waals surface area contributed by atoms with Gasteiger partial charge in [-0.3, -0.25) is 16.3 Å². The van der Waals surface area contributed by atoms with Crippen molar-refractivity contribution in [1.82, 2.24) is 10.4 Å². The van der Waals surface area contributed by atoms with Crippen molar-refractivity contribution in [2.24, 2.45) is 5.84 Å². The molecule has 0 aliphatic carbocycles. The average molecular weight is 300 g/mol. The Balaban J connectivity index is 2.30. The van der Waals surface area contributed by atoms with Crippen LogP contribution in [-0.2, 0) is 6.42 Å². The number of pyridine rings is 1. The second kappa shape index (κ2) is 6.30. The molecular formula is C13H12Cl2FN3. The van der Waals surface area contributed by atoms with E-state index in [2.05, 4.69) is 10.4 Å². The molecular weight excluding hydrogens is 288 g/mol. The van der Waals surface area contributed by atoms with E-state index in [4.69, 9.17) is 29.0 Å². The highest BCUT2D eigenvalue weighted by Gasteiger charge is 2.16. The van der Waals surface area contributed by atoms with Gasteiger partial charge in [0.15, 0.2) is 0 Å². The first-order valence-corrected chi connectivity index (χ1v) is 6.37. The van der Waals surface area contributed by atoms with E-state index in [0.717, 1.165) is 5.56 Å². The van der Waals surface area contributed by atoms with Crippen LogP contribution in [0.15, 0.2) is 36.7 Å². The topological polar surface area (TPSA) is 50.9 Å². The molecule has 0 aliphatic rings. The van der Waals surface area contributed by atoms with Gasteiger partial charge in [0, 0.05) is 12.4 Å². The molecule has 0 saturated carbocycles. The van der Waals surface area contributed by atoms with Crippen LogP contribution in [0.5, 0.6) is 0 Å². The van der Waals surface area contributed by atoms with Gasteiger partial charge in [0.2, 0.25) is 0 Å². The summed E-state index contributed by atoms with van der Waals surface area (Å²) in [6.45, 7) is 0. The van der Waals surface area contributed by atoms with E-state index in [0.29, 0.717) is 17.0 Å². The van der Waals surface area contributed by atoms with Crippen molar-refractivity contribution in [3.63, 3.8) is 0 Å². The zero-order chi connectivity index (χ0) is 13.8. The number of hydrogen-bond acceptors (Lipinski definition) is 3. The SMILES string of the molecule is NNC(Cc1cccc(F)c1Cl)c1ccncc1Cl. The Morgan fingerprint density at radius 1 is 1.32 bits per heavy atom. The summed E-state index contributed by atoms with van der Waals surface area (Å²) in [5.41, 5.74) is 4.12. The lowest BCUT2D eigenvalue weighted by atomic mass is 10.00. The third-order valence-corrected chi connectivity index (χ3v) is 3.58. The Labute approximate surface area is 120 Å². The van der Waals surface area contributed by atoms with Gasteiger partial charge >= 0.3 is 0 Å². The fourth-order valence-corrected chi connectivity index (χ4v) is 2.31. The summed E-state index contributed by atoms with van der Waals surface area (Å²) >= 11 is 12.0. The number of nitrogens with zero attached hydrogens (tertiary/aromatic N) is 1. The number of rotatable bonds is 4. The lowest BCUT2D eigenvalue weighted by Crippen LogP contribution is -2.30. The van der Waals surface area contributed by atoms with Gasteiger partial charge in [-0.05, 0) is 29.7 Å². The first-order valence-electron chi connectivity index (χ1n) is 5.62. The summed E-state index contributed by atoms with van der Waals surface area (Å²) < 4.78 is 13.4. The molecule has 0 fully saturated rings. The largest absolute Gasteiger partial charge is 0.271 e. The number of aromatic nitrogens is 1. The molecule has 100 valence electrons. The standard InChI is InChI=1S/C13H12Cl2FN3/c14-10-7-18-5-4-9(10)12(19-17)6-8-2-1-3-11(16)13(8)15/h1-5,7,12,19H,6,17H2. The summed E-state index contributed by atoms with van der Waals surface area (Å²) in [6.07, 6.45) is 3.59. The Bertz CT molecular complexity index is 578. The third kappa shape index (κ3) is 3.22. The highest BCUT2D eigenvalue weighted by Crippen LogP contribution is 2.28. The molecule has 0 spiro atoms. The smallest absolute Gasteiger partial charge is 0.142 e. The van der Waals surface area contributed by atoms with E-state index < -0.39 is 5.82 Å². The quantitative estimate of drug-likeness (QED) is 0.673. The van der Waals surface area contributed by atoms with E-state index >= 15 is 0 Å². The molecule has 2 aromatic rings. The van der Waals surface area contributed by atoms with Crippen LogP contribution in [-0.4, -0.2) is 4.98 Å². The zero-order valence-electron chi connectivity index (χ0n) is 9.91. The molecule has 1 aromatic carbocycles. The number of hydrazine groups is 1. The summed E-state index contributed by atoms with van der Waals surface area (Å²) in [4.78, 5) is 3.91. The molecule has 0 aliphatic heterocycles. The third-order valence-electron chi connectivity index (χ3n) is 2.84. The van der Waals surface area contributed by atoms with Gasteiger partial charge in [-0.2, -0.15) is 0 Å². The first kappa shape index (κ1) is 14.2. The van der Waals surface area contributed by atoms with Gasteiger partial charge < -0.3 is 0 Å². The molecule has 2 rings (SSSR count). The zero-order valence-corrected chi connectivity index (χ0v) is 11.4. The van der Waals surface area contributed by atoms with Crippen molar-refractivity contribution in [3.05, 3.63) is 63.6 Å². The van der Waals surface area contributed by atoms with Crippen LogP contribution in [0.1, 0.15) is 17.2 Å². The predicted molar refractivity (Wildman–Crippen MR) is 74.4 cm³/mol. The Morgan fingerprint density at radius 2 is 2.11 bits per heavy atom. The molecule has 1 heterocycles. The molecule has 0 bridgehead atoms. The fourth-order valence-electron chi connectivity index (χ4n) is 1.85. The van der Waals surface area contributed by atoms with Crippen molar-refractivity contribution in [1.29, 1.82) is 0 Å². The van der Waals surface area contributed by atoms with Crippen LogP contribution in [0.25, 0.3) is 0 Å². The Morgan fingerprint density at radius 3 is 2.79 bits per heavy atom. The van der Waals surface area contributed by atoms with Crippen molar-refractivity contribution < 1.29 is 4.39 Å². The second-order valence-corrected chi connectivity index (χ2v) is 4.82. The lowest BCUT2D eigenvalue weighted by molar-refractivity contribution is 0.548. The predicted octanol–water partition coefficient (Wildman–Crippen LogP) is 3.27. The average Bonchev–Trinajstić information content (AvgIpc) is 2.41. The van der Waals surface area contributed by atoms with E-state index in [-0.39, 0.29) is 11.1 Å². The van der Waals surface area contributed by atoms with Crippen molar-refractivity contribution >= 4 is 23.2 Å². The van der Waals surface area contributed by atoms with Crippen LogP contribution in [0.4, 0.5) is 4.39 Å². The maximum absolute atomic E-state index is 13.4. The van der Waals surface area contributed by atoms with Gasteiger partial charge in [0.05, 0.1) is 16.1 Å². The second-order valence-electron chi connectivity index (χ2n) is 4.03. The van der Waals surface area contributed by atoms with Gasteiger partial charge in [-0.1, -0.05) is 35.3 Å². The van der Waals surface area contributed by atoms with Gasteiger partial charge in [0.1, 0.15) is 5.82 Å². The lowest BCUT2D eigenvalue weighted by Gasteiger charge is -2.18. The van der Waals surface area contributed by atoms with E-state index in [1.54, 1.807) is 24.4 Å². The van der Waals surface area contributed by atoms with Crippen LogP contribution < -0.4 is 11.3 Å². The molecule has 0 amide bonds. The molecule has 0 radical (unpaired) electrons. The number of nitrogens with two attached hydrogens (primary N) is 1. The maximum Gasteiger partial charge on any atom is 0.142 e. The summed E-state index contributed by atoms with van der Waals surface area (Å²) in [6, 6.07) is 6.18. The minimum atomic E-state index is -0.448. The van der Waals surface area contributed by atoms with E-state index in [1.165, 1.54) is 12.3 Å². The van der Waals surface area contributed by atoms with Gasteiger partial charge in [-0.25, -0.2) is 4.39 Å². The molecule has 1 atom stereocenters. The normalized spacial score (nSPS) is 12.4.